The average molecular weight is 288 g/mol. The highest BCUT2D eigenvalue weighted by molar-refractivity contribution is 7.91. The lowest BCUT2D eigenvalue weighted by molar-refractivity contribution is 0.339. The summed E-state index contributed by atoms with van der Waals surface area (Å²) in [6.45, 7) is 3.25. The number of nitrogens with zero attached hydrogens (tertiary/aromatic N) is 1. The molecule has 0 heterocycles. The second-order valence-corrected chi connectivity index (χ2v) is 7.07. The Morgan fingerprint density at radius 2 is 2.11 bits per heavy atom. The summed E-state index contributed by atoms with van der Waals surface area (Å²) in [5.74, 6) is 0.228. The molecule has 4 nitrogen and oxygen atoms in total. The van der Waals surface area contributed by atoms with Crippen molar-refractivity contribution in [2.45, 2.75) is 19.1 Å². The van der Waals surface area contributed by atoms with Gasteiger partial charge in [0.05, 0.1) is 16.0 Å². The van der Waals surface area contributed by atoms with Gasteiger partial charge in [-0.25, -0.2) is 8.42 Å². The van der Waals surface area contributed by atoms with Crippen LogP contribution in [0.25, 0.3) is 0 Å². The van der Waals surface area contributed by atoms with E-state index in [1.807, 2.05) is 6.07 Å². The third kappa shape index (κ3) is 3.62. The first kappa shape index (κ1) is 14.8. The maximum Gasteiger partial charge on any atom is 0.155 e. The Morgan fingerprint density at radius 1 is 1.44 bits per heavy atom. The largest absolute Gasteiger partial charge is 0.491 e. The zero-order valence-corrected chi connectivity index (χ0v) is 11.8. The van der Waals surface area contributed by atoms with Crippen molar-refractivity contribution in [2.75, 3.05) is 12.4 Å². The van der Waals surface area contributed by atoms with Gasteiger partial charge in [-0.1, -0.05) is 17.7 Å². The number of rotatable bonds is 5. The lowest BCUT2D eigenvalue weighted by Crippen LogP contribution is -2.22. The van der Waals surface area contributed by atoms with Crippen molar-refractivity contribution < 1.29 is 13.2 Å². The van der Waals surface area contributed by atoms with Crippen LogP contribution in [0.4, 0.5) is 0 Å². The first-order chi connectivity index (χ1) is 8.38. The molecule has 0 bridgehead atoms. The third-order valence-corrected chi connectivity index (χ3v) is 4.92. The summed E-state index contributed by atoms with van der Waals surface area (Å²) < 4.78 is 28.5. The Morgan fingerprint density at radius 3 is 2.67 bits per heavy atom. The van der Waals surface area contributed by atoms with Crippen molar-refractivity contribution in [3.8, 4) is 11.8 Å². The quantitative estimate of drug-likeness (QED) is 0.834. The minimum atomic E-state index is -3.14. The Hall–Kier alpha value is -1.25. The third-order valence-electron chi connectivity index (χ3n) is 2.43. The molecule has 0 N–H and O–H groups in total. The summed E-state index contributed by atoms with van der Waals surface area (Å²) in [6, 6.07) is 6.75. The van der Waals surface area contributed by atoms with Crippen LogP contribution in [0.1, 0.15) is 19.4 Å². The monoisotopic (exact) mass is 287 g/mol. The lowest BCUT2D eigenvalue weighted by atomic mass is 10.2. The number of benzene rings is 1. The molecule has 0 aliphatic carbocycles. The fourth-order valence-electron chi connectivity index (χ4n) is 1.24. The molecule has 0 radical (unpaired) electrons. The first-order valence-corrected chi connectivity index (χ1v) is 7.51. The molecule has 0 saturated carbocycles. The van der Waals surface area contributed by atoms with Crippen LogP contribution in [0.5, 0.6) is 5.75 Å². The maximum absolute atomic E-state index is 11.6. The van der Waals surface area contributed by atoms with Crippen LogP contribution in [0.15, 0.2) is 18.2 Å². The molecule has 1 aromatic rings. The number of hydrogen-bond donors (Lipinski definition) is 0. The smallest absolute Gasteiger partial charge is 0.155 e. The van der Waals surface area contributed by atoms with Crippen LogP contribution in [-0.2, 0) is 9.84 Å². The predicted molar refractivity (Wildman–Crippen MR) is 70.6 cm³/mol. The molecule has 0 unspecified atom stereocenters. The first-order valence-electron chi connectivity index (χ1n) is 5.41. The molecular weight excluding hydrogens is 274 g/mol. The number of nitriles is 1. The van der Waals surface area contributed by atoms with E-state index >= 15 is 0 Å². The highest BCUT2D eigenvalue weighted by atomic mass is 35.5. The summed E-state index contributed by atoms with van der Waals surface area (Å²) in [7, 11) is -3.14. The van der Waals surface area contributed by atoms with Gasteiger partial charge < -0.3 is 4.74 Å². The Balaban J connectivity index is 2.72. The number of ether oxygens (including phenoxy) is 1. The predicted octanol–water partition coefficient (Wildman–Crippen LogP) is 2.41. The van der Waals surface area contributed by atoms with Gasteiger partial charge in [-0.3, -0.25) is 0 Å². The number of hydrogen-bond acceptors (Lipinski definition) is 4. The molecule has 0 fully saturated rings. The lowest BCUT2D eigenvalue weighted by Gasteiger charge is -2.10. The van der Waals surface area contributed by atoms with Gasteiger partial charge >= 0.3 is 0 Å². The minimum Gasteiger partial charge on any atom is -0.491 e. The summed E-state index contributed by atoms with van der Waals surface area (Å²) in [5, 5.41) is 8.77. The van der Waals surface area contributed by atoms with Crippen LogP contribution in [-0.4, -0.2) is 26.0 Å². The molecular formula is C12H14ClNO3S. The van der Waals surface area contributed by atoms with Crippen molar-refractivity contribution in [1.82, 2.24) is 0 Å². The van der Waals surface area contributed by atoms with Crippen molar-refractivity contribution >= 4 is 21.4 Å². The molecule has 0 amide bonds. The highest BCUT2D eigenvalue weighted by Gasteiger charge is 2.16. The molecule has 0 saturated heterocycles. The van der Waals surface area contributed by atoms with E-state index in [9.17, 15) is 8.42 Å². The second-order valence-electron chi connectivity index (χ2n) is 3.99. The van der Waals surface area contributed by atoms with Crippen molar-refractivity contribution in [3.05, 3.63) is 28.8 Å². The summed E-state index contributed by atoms with van der Waals surface area (Å²) >= 11 is 5.83. The fourth-order valence-corrected chi connectivity index (χ4v) is 2.23. The molecule has 1 aromatic carbocycles. The van der Waals surface area contributed by atoms with E-state index in [1.54, 1.807) is 32.0 Å². The van der Waals surface area contributed by atoms with E-state index in [4.69, 9.17) is 21.6 Å². The van der Waals surface area contributed by atoms with Gasteiger partial charge in [-0.2, -0.15) is 5.26 Å². The van der Waals surface area contributed by atoms with Gasteiger partial charge in [-0.05, 0) is 26.0 Å². The van der Waals surface area contributed by atoms with E-state index < -0.39 is 15.1 Å². The summed E-state index contributed by atoms with van der Waals surface area (Å²) in [4.78, 5) is 0. The van der Waals surface area contributed by atoms with Gasteiger partial charge in [-0.15, -0.1) is 0 Å². The topological polar surface area (TPSA) is 67.2 Å². The van der Waals surface area contributed by atoms with E-state index in [0.29, 0.717) is 10.8 Å². The Kier molecular flexibility index (Phi) is 5.00. The van der Waals surface area contributed by atoms with Crippen LogP contribution in [0.2, 0.25) is 5.02 Å². The second kappa shape index (κ2) is 6.07. The van der Waals surface area contributed by atoms with Crippen molar-refractivity contribution in [1.29, 1.82) is 5.26 Å². The van der Waals surface area contributed by atoms with E-state index in [2.05, 4.69) is 0 Å². The molecule has 0 aliphatic heterocycles. The van der Waals surface area contributed by atoms with Gasteiger partial charge in [0, 0.05) is 0 Å². The summed E-state index contributed by atoms with van der Waals surface area (Å²) in [5.41, 5.74) is 0.223. The van der Waals surface area contributed by atoms with Crippen LogP contribution in [0.3, 0.4) is 0 Å². The number of halogens is 1. The van der Waals surface area contributed by atoms with Crippen LogP contribution < -0.4 is 4.74 Å². The van der Waals surface area contributed by atoms with Gasteiger partial charge in [0.1, 0.15) is 24.0 Å². The van der Waals surface area contributed by atoms with E-state index in [-0.39, 0.29) is 17.9 Å². The fraction of sp³-hybridized carbons (Fsp3) is 0.417. The molecule has 18 heavy (non-hydrogen) atoms. The molecule has 0 atom stereocenters. The average Bonchev–Trinajstić information content (AvgIpc) is 2.29. The molecule has 0 aliphatic rings. The SMILES string of the molecule is CC(C)S(=O)(=O)CCOc1cccc(Cl)c1C#N. The number of sulfone groups is 1. The van der Waals surface area contributed by atoms with Gasteiger partial charge in [0.25, 0.3) is 0 Å². The normalized spacial score (nSPS) is 11.3. The van der Waals surface area contributed by atoms with E-state index in [1.165, 1.54) is 0 Å². The van der Waals surface area contributed by atoms with Crippen molar-refractivity contribution in [3.63, 3.8) is 0 Å². The molecule has 0 spiro atoms. The molecule has 0 aromatic heterocycles. The van der Waals surface area contributed by atoms with Crippen LogP contribution in [0, 0.1) is 11.3 Å². The molecule has 6 heteroatoms. The van der Waals surface area contributed by atoms with Gasteiger partial charge in [0.2, 0.25) is 0 Å². The molecule has 1 rings (SSSR count). The summed E-state index contributed by atoms with van der Waals surface area (Å²) in [6.07, 6.45) is 0. The minimum absolute atomic E-state index is 0.00946. The van der Waals surface area contributed by atoms with Gasteiger partial charge in [0.15, 0.2) is 9.84 Å². The zero-order chi connectivity index (χ0) is 13.8. The van der Waals surface area contributed by atoms with Crippen molar-refractivity contribution in [2.24, 2.45) is 0 Å². The van der Waals surface area contributed by atoms with E-state index in [0.717, 1.165) is 0 Å². The standard InChI is InChI=1S/C12H14ClNO3S/c1-9(2)18(15,16)7-6-17-12-5-3-4-11(13)10(12)8-14/h3-5,9H,6-7H2,1-2H3. The Labute approximate surface area is 112 Å². The Bertz CT molecular complexity index is 561. The highest BCUT2D eigenvalue weighted by Crippen LogP contribution is 2.25. The van der Waals surface area contributed by atoms with Crippen LogP contribution >= 0.6 is 11.6 Å². The molecule has 98 valence electrons. The maximum atomic E-state index is 11.6. The zero-order valence-electron chi connectivity index (χ0n) is 10.2.